The highest BCUT2D eigenvalue weighted by molar-refractivity contribution is 5.81. The zero-order chi connectivity index (χ0) is 19.8. The lowest BCUT2D eigenvalue weighted by molar-refractivity contribution is -0.128. The van der Waals surface area contributed by atoms with Crippen molar-refractivity contribution in [3.63, 3.8) is 0 Å². The Morgan fingerprint density at radius 3 is 2.54 bits per heavy atom. The molecule has 1 atom stereocenters. The number of amides is 1. The van der Waals surface area contributed by atoms with Crippen LogP contribution < -0.4 is 19.7 Å². The summed E-state index contributed by atoms with van der Waals surface area (Å²) in [6.07, 6.45) is 0.0404. The van der Waals surface area contributed by atoms with Crippen LogP contribution in [-0.2, 0) is 16.1 Å². The lowest BCUT2D eigenvalue weighted by Gasteiger charge is -2.29. The standard InChI is InChI=1S/C22H28N2O4/c1-3-21(28-20-6-4-5-19(15-20)26-2)22(25)23-16-17-7-9-18(10-8-17)24-11-13-27-14-12-24/h4-10,15,21H,3,11-14,16H2,1-2H3,(H,23,25)/t21-/m1/s1. The van der Waals surface area contributed by atoms with Gasteiger partial charge in [0.25, 0.3) is 5.91 Å². The maximum atomic E-state index is 12.5. The average Bonchev–Trinajstić information content (AvgIpc) is 2.77. The molecule has 0 aliphatic carbocycles. The first-order valence-corrected chi connectivity index (χ1v) is 9.69. The maximum absolute atomic E-state index is 12.5. The molecule has 0 bridgehead atoms. The van der Waals surface area contributed by atoms with Gasteiger partial charge in [0.15, 0.2) is 6.10 Å². The van der Waals surface area contributed by atoms with E-state index in [9.17, 15) is 4.79 Å². The molecule has 0 radical (unpaired) electrons. The molecule has 1 aliphatic rings. The number of nitrogens with zero attached hydrogens (tertiary/aromatic N) is 1. The summed E-state index contributed by atoms with van der Waals surface area (Å²) in [5, 5.41) is 2.97. The number of methoxy groups -OCH3 is 1. The van der Waals surface area contributed by atoms with Gasteiger partial charge in [0.1, 0.15) is 11.5 Å². The molecule has 1 heterocycles. The zero-order valence-electron chi connectivity index (χ0n) is 16.5. The van der Waals surface area contributed by atoms with E-state index < -0.39 is 6.10 Å². The van der Waals surface area contributed by atoms with Crippen molar-refractivity contribution in [2.24, 2.45) is 0 Å². The Labute approximate surface area is 166 Å². The summed E-state index contributed by atoms with van der Waals surface area (Å²) >= 11 is 0. The first-order valence-electron chi connectivity index (χ1n) is 9.69. The van der Waals surface area contributed by atoms with Crippen LogP contribution in [-0.4, -0.2) is 45.4 Å². The van der Waals surface area contributed by atoms with E-state index in [1.54, 1.807) is 13.2 Å². The minimum atomic E-state index is -0.542. The fraction of sp³-hybridized carbons (Fsp3) is 0.409. The topological polar surface area (TPSA) is 60.0 Å². The summed E-state index contributed by atoms with van der Waals surface area (Å²) in [5.41, 5.74) is 2.24. The van der Waals surface area contributed by atoms with Crippen LogP contribution in [0.1, 0.15) is 18.9 Å². The monoisotopic (exact) mass is 384 g/mol. The van der Waals surface area contributed by atoms with Gasteiger partial charge in [-0.15, -0.1) is 0 Å². The van der Waals surface area contributed by atoms with Crippen LogP contribution >= 0.6 is 0 Å². The van der Waals surface area contributed by atoms with E-state index >= 15 is 0 Å². The predicted molar refractivity (Wildman–Crippen MR) is 109 cm³/mol. The van der Waals surface area contributed by atoms with E-state index in [4.69, 9.17) is 14.2 Å². The molecule has 0 saturated carbocycles. The number of carbonyl (C=O) groups excluding carboxylic acids is 1. The summed E-state index contributed by atoms with van der Waals surface area (Å²) in [4.78, 5) is 14.8. The van der Waals surface area contributed by atoms with Crippen molar-refractivity contribution in [3.05, 3.63) is 54.1 Å². The predicted octanol–water partition coefficient (Wildman–Crippen LogP) is 3.01. The molecule has 1 amide bonds. The first kappa shape index (κ1) is 20.0. The number of anilines is 1. The third-order valence-electron chi connectivity index (χ3n) is 4.76. The van der Waals surface area contributed by atoms with Gasteiger partial charge in [0, 0.05) is 31.4 Å². The first-order chi connectivity index (χ1) is 13.7. The van der Waals surface area contributed by atoms with Crippen molar-refractivity contribution in [1.29, 1.82) is 0 Å². The van der Waals surface area contributed by atoms with Crippen LogP contribution in [0.15, 0.2) is 48.5 Å². The lowest BCUT2D eigenvalue weighted by Crippen LogP contribution is -2.37. The number of rotatable bonds is 8. The van der Waals surface area contributed by atoms with Crippen LogP contribution in [0.5, 0.6) is 11.5 Å². The Hall–Kier alpha value is -2.73. The van der Waals surface area contributed by atoms with Crippen molar-refractivity contribution < 1.29 is 19.0 Å². The highest BCUT2D eigenvalue weighted by Gasteiger charge is 2.18. The summed E-state index contributed by atoms with van der Waals surface area (Å²) in [6.45, 7) is 5.76. The molecule has 1 aliphatic heterocycles. The summed E-state index contributed by atoms with van der Waals surface area (Å²) in [7, 11) is 1.60. The Morgan fingerprint density at radius 1 is 1.14 bits per heavy atom. The van der Waals surface area contributed by atoms with E-state index in [1.807, 2.05) is 25.1 Å². The van der Waals surface area contributed by atoms with Gasteiger partial charge in [-0.05, 0) is 36.2 Å². The van der Waals surface area contributed by atoms with Crippen LogP contribution in [0.25, 0.3) is 0 Å². The zero-order valence-corrected chi connectivity index (χ0v) is 16.5. The van der Waals surface area contributed by atoms with E-state index in [0.717, 1.165) is 31.9 Å². The average molecular weight is 384 g/mol. The number of hydrogen-bond acceptors (Lipinski definition) is 5. The van der Waals surface area contributed by atoms with Crippen LogP contribution in [0.4, 0.5) is 5.69 Å². The summed E-state index contributed by atoms with van der Waals surface area (Å²) < 4.78 is 16.4. The second-order valence-electron chi connectivity index (χ2n) is 6.68. The number of morpholine rings is 1. The molecule has 1 fully saturated rings. The number of carbonyl (C=O) groups is 1. The molecule has 0 aromatic heterocycles. The highest BCUT2D eigenvalue weighted by Crippen LogP contribution is 2.21. The smallest absolute Gasteiger partial charge is 0.261 e. The van der Waals surface area contributed by atoms with Crippen molar-refractivity contribution in [2.45, 2.75) is 26.0 Å². The van der Waals surface area contributed by atoms with Crippen LogP contribution in [0.3, 0.4) is 0 Å². The molecule has 1 N–H and O–H groups in total. The van der Waals surface area contributed by atoms with Gasteiger partial charge in [0.05, 0.1) is 20.3 Å². The molecule has 1 saturated heterocycles. The number of hydrogen-bond donors (Lipinski definition) is 1. The minimum Gasteiger partial charge on any atom is -0.497 e. The molecule has 2 aromatic carbocycles. The van der Waals surface area contributed by atoms with E-state index in [2.05, 4.69) is 34.5 Å². The molecular weight excluding hydrogens is 356 g/mol. The van der Waals surface area contributed by atoms with Crippen LogP contribution in [0.2, 0.25) is 0 Å². The van der Waals surface area contributed by atoms with Gasteiger partial charge in [-0.1, -0.05) is 25.1 Å². The maximum Gasteiger partial charge on any atom is 0.261 e. The van der Waals surface area contributed by atoms with E-state index in [1.165, 1.54) is 5.69 Å². The Morgan fingerprint density at radius 2 is 1.86 bits per heavy atom. The number of ether oxygens (including phenoxy) is 3. The Bertz CT molecular complexity index is 757. The second kappa shape index (κ2) is 9.99. The van der Waals surface area contributed by atoms with Gasteiger partial charge >= 0.3 is 0 Å². The van der Waals surface area contributed by atoms with E-state index in [0.29, 0.717) is 24.5 Å². The summed E-state index contributed by atoms with van der Waals surface area (Å²) in [6, 6.07) is 15.6. The fourth-order valence-corrected chi connectivity index (χ4v) is 3.11. The molecule has 6 heteroatoms. The minimum absolute atomic E-state index is 0.123. The molecular formula is C22H28N2O4. The van der Waals surface area contributed by atoms with Gasteiger partial charge in [-0.3, -0.25) is 4.79 Å². The SMILES string of the molecule is CC[C@@H](Oc1cccc(OC)c1)C(=O)NCc1ccc(N2CCOCC2)cc1. The number of nitrogens with one attached hydrogen (secondary N) is 1. The van der Waals surface area contributed by atoms with Crippen molar-refractivity contribution in [1.82, 2.24) is 5.32 Å². The van der Waals surface area contributed by atoms with Crippen LogP contribution in [0, 0.1) is 0 Å². The highest BCUT2D eigenvalue weighted by atomic mass is 16.5. The Balaban J connectivity index is 1.52. The third-order valence-corrected chi connectivity index (χ3v) is 4.76. The van der Waals surface area contributed by atoms with E-state index in [-0.39, 0.29) is 5.91 Å². The van der Waals surface area contributed by atoms with Gasteiger partial charge in [-0.25, -0.2) is 0 Å². The fourth-order valence-electron chi connectivity index (χ4n) is 3.11. The third kappa shape index (κ3) is 5.39. The largest absolute Gasteiger partial charge is 0.497 e. The molecule has 0 spiro atoms. The molecule has 0 unspecified atom stereocenters. The molecule has 150 valence electrons. The molecule has 28 heavy (non-hydrogen) atoms. The van der Waals surface area contributed by atoms with Gasteiger partial charge < -0.3 is 24.4 Å². The van der Waals surface area contributed by atoms with Crippen molar-refractivity contribution in [2.75, 3.05) is 38.3 Å². The lowest BCUT2D eigenvalue weighted by atomic mass is 10.1. The second-order valence-corrected chi connectivity index (χ2v) is 6.68. The normalized spacial score (nSPS) is 15.0. The van der Waals surface area contributed by atoms with Crippen molar-refractivity contribution in [3.8, 4) is 11.5 Å². The number of benzene rings is 2. The molecule has 2 aromatic rings. The quantitative estimate of drug-likeness (QED) is 0.758. The Kier molecular flexibility index (Phi) is 7.14. The summed E-state index contributed by atoms with van der Waals surface area (Å²) in [5.74, 6) is 1.20. The van der Waals surface area contributed by atoms with Crippen molar-refractivity contribution >= 4 is 11.6 Å². The molecule has 3 rings (SSSR count). The van der Waals surface area contributed by atoms with Gasteiger partial charge in [0.2, 0.25) is 0 Å². The van der Waals surface area contributed by atoms with Gasteiger partial charge in [-0.2, -0.15) is 0 Å². The molecule has 6 nitrogen and oxygen atoms in total.